The van der Waals surface area contributed by atoms with E-state index < -0.39 is 5.97 Å². The molecule has 0 radical (unpaired) electrons. The van der Waals surface area contributed by atoms with Crippen molar-refractivity contribution in [2.24, 2.45) is 5.41 Å². The van der Waals surface area contributed by atoms with Crippen LogP contribution in [0.5, 0.6) is 0 Å². The lowest BCUT2D eigenvalue weighted by Crippen LogP contribution is -2.42. The molecule has 2 N–H and O–H groups in total. The van der Waals surface area contributed by atoms with E-state index in [2.05, 4.69) is 0 Å². The monoisotopic (exact) mass is 285 g/mol. The summed E-state index contributed by atoms with van der Waals surface area (Å²) < 4.78 is 0. The van der Waals surface area contributed by atoms with Gasteiger partial charge in [-0.1, -0.05) is 19.3 Å². The van der Waals surface area contributed by atoms with Crippen LogP contribution in [0.25, 0.3) is 0 Å². The minimum Gasteiger partial charge on any atom is -0.481 e. The highest BCUT2D eigenvalue weighted by Crippen LogP contribution is 2.42. The maximum Gasteiger partial charge on any atom is 0.303 e. The summed E-state index contributed by atoms with van der Waals surface area (Å²) in [7, 11) is 0. The van der Waals surface area contributed by atoms with Crippen molar-refractivity contribution in [2.75, 3.05) is 13.2 Å². The van der Waals surface area contributed by atoms with Crippen molar-refractivity contribution >= 4 is 11.9 Å². The number of rotatable bonds is 7. The normalized spacial score (nSPS) is 18.0. The first kappa shape index (κ1) is 17.0. The predicted octanol–water partition coefficient (Wildman–Crippen LogP) is 2.03. The van der Waals surface area contributed by atoms with Crippen LogP contribution in [0, 0.1) is 5.41 Å². The summed E-state index contributed by atoms with van der Waals surface area (Å²) in [6.07, 6.45) is 5.12. The van der Waals surface area contributed by atoms with Gasteiger partial charge in [0, 0.05) is 19.0 Å². The third-order valence-corrected chi connectivity index (χ3v) is 4.25. The SMILES string of the molecule is CC(C)N(CCO)C(=O)CC1(CC(=O)O)CCCCC1. The molecule has 20 heavy (non-hydrogen) atoms. The summed E-state index contributed by atoms with van der Waals surface area (Å²) in [6, 6.07) is 0.0279. The molecule has 1 fully saturated rings. The minimum atomic E-state index is -0.821. The number of hydrogen-bond donors (Lipinski definition) is 2. The molecule has 5 nitrogen and oxygen atoms in total. The average Bonchev–Trinajstić information content (AvgIpc) is 2.35. The first-order valence-corrected chi connectivity index (χ1v) is 7.52. The quantitative estimate of drug-likeness (QED) is 0.750. The van der Waals surface area contributed by atoms with Gasteiger partial charge in [0.2, 0.25) is 5.91 Å². The molecule has 1 amide bonds. The number of carboxylic acid groups (broad SMARTS) is 1. The highest BCUT2D eigenvalue weighted by atomic mass is 16.4. The van der Waals surface area contributed by atoms with Gasteiger partial charge in [-0.25, -0.2) is 0 Å². The largest absolute Gasteiger partial charge is 0.481 e. The molecular formula is C15H27NO4. The molecule has 0 heterocycles. The number of carboxylic acids is 1. The molecule has 0 saturated heterocycles. The van der Waals surface area contributed by atoms with Gasteiger partial charge in [0.15, 0.2) is 0 Å². The number of hydrogen-bond acceptors (Lipinski definition) is 3. The zero-order valence-electron chi connectivity index (χ0n) is 12.6. The molecule has 0 spiro atoms. The van der Waals surface area contributed by atoms with Gasteiger partial charge < -0.3 is 15.1 Å². The topological polar surface area (TPSA) is 77.8 Å². The van der Waals surface area contributed by atoms with E-state index in [9.17, 15) is 9.59 Å². The molecular weight excluding hydrogens is 258 g/mol. The molecule has 1 saturated carbocycles. The van der Waals surface area contributed by atoms with Crippen LogP contribution < -0.4 is 0 Å². The van der Waals surface area contributed by atoms with E-state index in [-0.39, 0.29) is 36.8 Å². The van der Waals surface area contributed by atoms with Crippen LogP contribution in [-0.2, 0) is 9.59 Å². The van der Waals surface area contributed by atoms with Crippen molar-refractivity contribution in [3.8, 4) is 0 Å². The summed E-state index contributed by atoms with van der Waals surface area (Å²) in [5.41, 5.74) is -0.385. The predicted molar refractivity (Wildman–Crippen MR) is 76.3 cm³/mol. The fourth-order valence-electron chi connectivity index (χ4n) is 3.24. The van der Waals surface area contributed by atoms with Gasteiger partial charge in [0.25, 0.3) is 0 Å². The third-order valence-electron chi connectivity index (χ3n) is 4.25. The van der Waals surface area contributed by atoms with Crippen molar-refractivity contribution in [1.82, 2.24) is 4.90 Å². The number of aliphatic hydroxyl groups excluding tert-OH is 1. The number of amides is 1. The van der Waals surface area contributed by atoms with E-state index in [4.69, 9.17) is 10.2 Å². The van der Waals surface area contributed by atoms with E-state index in [0.29, 0.717) is 6.54 Å². The smallest absolute Gasteiger partial charge is 0.303 e. The van der Waals surface area contributed by atoms with Crippen LogP contribution in [0.4, 0.5) is 0 Å². The molecule has 0 aliphatic heterocycles. The van der Waals surface area contributed by atoms with Crippen molar-refractivity contribution in [3.05, 3.63) is 0 Å². The second kappa shape index (κ2) is 7.62. The summed E-state index contributed by atoms with van der Waals surface area (Å²) in [4.78, 5) is 25.2. The fourth-order valence-corrected chi connectivity index (χ4v) is 3.24. The van der Waals surface area contributed by atoms with Gasteiger partial charge in [0.05, 0.1) is 13.0 Å². The molecule has 0 unspecified atom stereocenters. The van der Waals surface area contributed by atoms with Gasteiger partial charge in [0.1, 0.15) is 0 Å². The van der Waals surface area contributed by atoms with Crippen molar-refractivity contribution in [1.29, 1.82) is 0 Å². The lowest BCUT2D eigenvalue weighted by Gasteiger charge is -2.38. The van der Waals surface area contributed by atoms with Crippen LogP contribution in [-0.4, -0.2) is 46.2 Å². The summed E-state index contributed by atoms with van der Waals surface area (Å²) in [5, 5.41) is 18.2. The lowest BCUT2D eigenvalue weighted by atomic mass is 9.69. The van der Waals surface area contributed by atoms with E-state index in [1.165, 1.54) is 0 Å². The van der Waals surface area contributed by atoms with Crippen LogP contribution in [0.1, 0.15) is 58.8 Å². The number of aliphatic carboxylic acids is 1. The van der Waals surface area contributed by atoms with Gasteiger partial charge in [-0.3, -0.25) is 9.59 Å². The van der Waals surface area contributed by atoms with Crippen molar-refractivity contribution in [3.63, 3.8) is 0 Å². The maximum absolute atomic E-state index is 12.5. The maximum atomic E-state index is 12.5. The molecule has 0 atom stereocenters. The van der Waals surface area contributed by atoms with Crippen LogP contribution in [0.15, 0.2) is 0 Å². The van der Waals surface area contributed by atoms with Gasteiger partial charge in [-0.2, -0.15) is 0 Å². The van der Waals surface area contributed by atoms with Crippen molar-refractivity contribution in [2.45, 2.75) is 64.8 Å². The Balaban J connectivity index is 2.77. The highest BCUT2D eigenvalue weighted by molar-refractivity contribution is 5.78. The summed E-state index contributed by atoms with van der Waals surface area (Å²) >= 11 is 0. The average molecular weight is 285 g/mol. The van der Waals surface area contributed by atoms with E-state index >= 15 is 0 Å². The molecule has 5 heteroatoms. The number of carbonyl (C=O) groups is 2. The molecule has 1 rings (SSSR count). The Hall–Kier alpha value is -1.10. The van der Waals surface area contributed by atoms with Crippen LogP contribution in [0.2, 0.25) is 0 Å². The Morgan fingerprint density at radius 2 is 1.75 bits per heavy atom. The minimum absolute atomic E-state index is 0.0279. The molecule has 1 aliphatic carbocycles. The van der Waals surface area contributed by atoms with E-state index in [1.54, 1.807) is 4.90 Å². The van der Waals surface area contributed by atoms with E-state index in [1.807, 2.05) is 13.8 Å². The molecule has 0 aromatic heterocycles. The standard InChI is InChI=1S/C15H27NO4/c1-12(2)16(8-9-17)13(18)10-15(11-14(19)20)6-4-3-5-7-15/h12,17H,3-11H2,1-2H3,(H,19,20). The van der Waals surface area contributed by atoms with Crippen LogP contribution >= 0.6 is 0 Å². The first-order chi connectivity index (χ1) is 9.40. The molecule has 0 bridgehead atoms. The van der Waals surface area contributed by atoms with Gasteiger partial charge in [-0.05, 0) is 32.1 Å². The molecule has 1 aliphatic rings. The van der Waals surface area contributed by atoms with Gasteiger partial charge in [-0.15, -0.1) is 0 Å². The zero-order valence-corrected chi connectivity index (χ0v) is 12.6. The number of carbonyl (C=O) groups excluding carboxylic acids is 1. The second-order valence-electron chi connectivity index (χ2n) is 6.21. The van der Waals surface area contributed by atoms with Crippen LogP contribution in [0.3, 0.4) is 0 Å². The molecule has 116 valence electrons. The second-order valence-corrected chi connectivity index (χ2v) is 6.21. The lowest BCUT2D eigenvalue weighted by molar-refractivity contribution is -0.143. The Morgan fingerprint density at radius 3 is 2.20 bits per heavy atom. The third kappa shape index (κ3) is 4.78. The number of aliphatic hydroxyl groups is 1. The molecule has 0 aromatic rings. The highest BCUT2D eigenvalue weighted by Gasteiger charge is 2.37. The Morgan fingerprint density at radius 1 is 1.15 bits per heavy atom. The zero-order chi connectivity index (χ0) is 15.2. The number of nitrogens with zero attached hydrogens (tertiary/aromatic N) is 1. The fraction of sp³-hybridized carbons (Fsp3) is 0.867. The Kier molecular flexibility index (Phi) is 6.46. The van der Waals surface area contributed by atoms with Crippen molar-refractivity contribution < 1.29 is 19.8 Å². The van der Waals surface area contributed by atoms with Gasteiger partial charge >= 0.3 is 5.97 Å². The molecule has 0 aromatic carbocycles. The Labute approximate surface area is 121 Å². The Bertz CT molecular complexity index is 335. The summed E-state index contributed by atoms with van der Waals surface area (Å²) in [5.74, 6) is -0.852. The first-order valence-electron chi connectivity index (χ1n) is 7.52. The van der Waals surface area contributed by atoms with E-state index in [0.717, 1.165) is 32.1 Å². The summed E-state index contributed by atoms with van der Waals surface area (Å²) in [6.45, 7) is 4.09.